The van der Waals surface area contributed by atoms with Crippen LogP contribution in [0.5, 0.6) is 11.5 Å². The molecule has 0 aliphatic heterocycles. The number of rotatable bonds is 6. The smallest absolute Gasteiger partial charge is 0.297 e. The monoisotopic (exact) mass is 290 g/mol. The summed E-state index contributed by atoms with van der Waals surface area (Å²) in [6, 6.07) is 5.25. The first-order valence-corrected chi connectivity index (χ1v) is 7.29. The zero-order chi connectivity index (χ0) is 15.4. The molecule has 21 heavy (non-hydrogen) atoms. The normalized spacial score (nSPS) is 11.0. The van der Waals surface area contributed by atoms with Crippen LogP contribution in [0.25, 0.3) is 10.9 Å². The van der Waals surface area contributed by atoms with Crippen LogP contribution in [0.2, 0.25) is 0 Å². The van der Waals surface area contributed by atoms with Gasteiger partial charge in [0.2, 0.25) is 5.75 Å². The highest BCUT2D eigenvalue weighted by Crippen LogP contribution is 2.32. The van der Waals surface area contributed by atoms with Crippen molar-refractivity contribution in [2.45, 2.75) is 39.2 Å². The summed E-state index contributed by atoms with van der Waals surface area (Å²) in [5.74, 6) is -0.134. The standard InChI is InChI=1S/C16H22N2O3/c1-3-4-5-6-9-18-13-10-11(17)7-8-12(13)15(21-2)14(19)16(18)20/h7-8,10,19H,3-6,9,17H2,1-2H3. The molecule has 0 radical (unpaired) electrons. The number of unbranched alkanes of at least 4 members (excludes halogenated alkanes) is 3. The Morgan fingerprint density at radius 2 is 2.05 bits per heavy atom. The van der Waals surface area contributed by atoms with Crippen LogP contribution < -0.4 is 16.0 Å². The van der Waals surface area contributed by atoms with E-state index in [0.29, 0.717) is 23.1 Å². The average molecular weight is 290 g/mol. The number of anilines is 1. The molecule has 0 aliphatic carbocycles. The van der Waals surface area contributed by atoms with Crippen LogP contribution in [0.1, 0.15) is 32.6 Å². The lowest BCUT2D eigenvalue weighted by molar-refractivity contribution is 0.370. The van der Waals surface area contributed by atoms with Crippen LogP contribution in [0.15, 0.2) is 23.0 Å². The Kier molecular flexibility index (Phi) is 4.73. The molecule has 0 saturated heterocycles. The number of methoxy groups -OCH3 is 1. The number of hydrogen-bond acceptors (Lipinski definition) is 4. The molecule has 0 spiro atoms. The fraction of sp³-hybridized carbons (Fsp3) is 0.438. The molecule has 0 aliphatic rings. The average Bonchev–Trinajstić information content (AvgIpc) is 2.48. The van der Waals surface area contributed by atoms with Crippen LogP contribution in [0, 0.1) is 0 Å². The number of aromatic nitrogens is 1. The molecule has 3 N–H and O–H groups in total. The molecule has 0 saturated carbocycles. The Balaban J connectivity index is 2.54. The first kappa shape index (κ1) is 15.2. The number of nitrogens with zero attached hydrogens (tertiary/aromatic N) is 1. The number of nitrogens with two attached hydrogens (primary N) is 1. The second-order valence-corrected chi connectivity index (χ2v) is 5.18. The van der Waals surface area contributed by atoms with Crippen LogP contribution in [-0.4, -0.2) is 16.8 Å². The van der Waals surface area contributed by atoms with Gasteiger partial charge in [0.05, 0.1) is 12.6 Å². The number of benzene rings is 1. The van der Waals surface area contributed by atoms with Crippen LogP contribution in [0.3, 0.4) is 0 Å². The summed E-state index contributed by atoms with van der Waals surface area (Å²) in [4.78, 5) is 12.3. The molecule has 0 atom stereocenters. The van der Waals surface area contributed by atoms with Gasteiger partial charge in [-0.15, -0.1) is 0 Å². The molecule has 5 heteroatoms. The van der Waals surface area contributed by atoms with Crippen molar-refractivity contribution in [2.75, 3.05) is 12.8 Å². The molecule has 2 rings (SSSR count). The Hall–Kier alpha value is -2.17. The van der Waals surface area contributed by atoms with Crippen molar-refractivity contribution < 1.29 is 9.84 Å². The number of aromatic hydroxyl groups is 1. The summed E-state index contributed by atoms with van der Waals surface area (Å²) in [5, 5.41) is 10.8. The molecule has 114 valence electrons. The van der Waals surface area contributed by atoms with Gasteiger partial charge in [0.25, 0.3) is 5.56 Å². The van der Waals surface area contributed by atoms with Crippen molar-refractivity contribution in [3.63, 3.8) is 0 Å². The highest BCUT2D eigenvalue weighted by Gasteiger charge is 2.16. The van der Waals surface area contributed by atoms with Gasteiger partial charge in [0, 0.05) is 17.6 Å². The number of hydrogen-bond donors (Lipinski definition) is 2. The van der Waals surface area contributed by atoms with E-state index in [2.05, 4.69) is 6.92 Å². The van der Waals surface area contributed by atoms with Gasteiger partial charge in [-0.1, -0.05) is 26.2 Å². The predicted molar refractivity (Wildman–Crippen MR) is 85.0 cm³/mol. The van der Waals surface area contributed by atoms with Gasteiger partial charge >= 0.3 is 0 Å². The zero-order valence-corrected chi connectivity index (χ0v) is 12.6. The van der Waals surface area contributed by atoms with Crippen molar-refractivity contribution in [3.05, 3.63) is 28.6 Å². The van der Waals surface area contributed by atoms with E-state index in [1.807, 2.05) is 0 Å². The van der Waals surface area contributed by atoms with Gasteiger partial charge in [-0.2, -0.15) is 0 Å². The molecule has 0 fully saturated rings. The Bertz CT molecular complexity index is 692. The molecular weight excluding hydrogens is 268 g/mol. The zero-order valence-electron chi connectivity index (χ0n) is 12.6. The van der Waals surface area contributed by atoms with Crippen molar-refractivity contribution in [3.8, 4) is 11.5 Å². The van der Waals surface area contributed by atoms with E-state index in [4.69, 9.17) is 10.5 Å². The summed E-state index contributed by atoms with van der Waals surface area (Å²) < 4.78 is 6.76. The molecular formula is C16H22N2O3. The minimum atomic E-state index is -0.429. The number of ether oxygens (including phenoxy) is 1. The lowest BCUT2D eigenvalue weighted by atomic mass is 10.1. The van der Waals surface area contributed by atoms with E-state index in [1.165, 1.54) is 7.11 Å². The summed E-state index contributed by atoms with van der Waals surface area (Å²) in [5.41, 5.74) is 6.68. The summed E-state index contributed by atoms with van der Waals surface area (Å²) in [6.45, 7) is 2.71. The molecule has 1 heterocycles. The molecule has 2 aromatic rings. The van der Waals surface area contributed by atoms with Crippen molar-refractivity contribution in [2.24, 2.45) is 0 Å². The van der Waals surface area contributed by atoms with Crippen molar-refractivity contribution in [1.82, 2.24) is 4.57 Å². The first-order chi connectivity index (χ1) is 10.1. The summed E-state index contributed by atoms with van der Waals surface area (Å²) in [7, 11) is 1.44. The minimum absolute atomic E-state index is 0.208. The third kappa shape index (κ3) is 2.96. The lowest BCUT2D eigenvalue weighted by Gasteiger charge is -2.15. The molecule has 1 aromatic heterocycles. The van der Waals surface area contributed by atoms with E-state index in [-0.39, 0.29) is 11.5 Å². The highest BCUT2D eigenvalue weighted by molar-refractivity contribution is 5.89. The van der Waals surface area contributed by atoms with E-state index < -0.39 is 5.56 Å². The van der Waals surface area contributed by atoms with Gasteiger partial charge < -0.3 is 20.1 Å². The number of nitrogen functional groups attached to an aromatic ring is 1. The van der Waals surface area contributed by atoms with Crippen LogP contribution in [-0.2, 0) is 6.54 Å². The summed E-state index contributed by atoms with van der Waals surface area (Å²) >= 11 is 0. The molecule has 0 amide bonds. The second kappa shape index (κ2) is 6.52. The Morgan fingerprint density at radius 3 is 2.71 bits per heavy atom. The minimum Gasteiger partial charge on any atom is -0.500 e. The largest absolute Gasteiger partial charge is 0.500 e. The van der Waals surface area contributed by atoms with E-state index in [0.717, 1.165) is 25.7 Å². The van der Waals surface area contributed by atoms with Gasteiger partial charge in [-0.05, 0) is 24.6 Å². The topological polar surface area (TPSA) is 77.5 Å². The maximum atomic E-state index is 12.3. The highest BCUT2D eigenvalue weighted by atomic mass is 16.5. The molecule has 1 aromatic carbocycles. The second-order valence-electron chi connectivity index (χ2n) is 5.18. The Labute approximate surface area is 124 Å². The fourth-order valence-corrected chi connectivity index (χ4v) is 2.55. The molecule has 0 unspecified atom stereocenters. The first-order valence-electron chi connectivity index (χ1n) is 7.29. The number of pyridine rings is 1. The Morgan fingerprint density at radius 1 is 1.29 bits per heavy atom. The SMILES string of the molecule is CCCCCCn1c(=O)c(O)c(OC)c2ccc(N)cc21. The predicted octanol–water partition coefficient (Wildman–Crippen LogP) is 2.88. The fourth-order valence-electron chi connectivity index (χ4n) is 2.55. The molecule has 5 nitrogen and oxygen atoms in total. The van der Waals surface area contributed by atoms with Gasteiger partial charge in [-0.3, -0.25) is 4.79 Å². The molecule has 0 bridgehead atoms. The van der Waals surface area contributed by atoms with Gasteiger partial charge in [0.1, 0.15) is 0 Å². The maximum absolute atomic E-state index is 12.3. The van der Waals surface area contributed by atoms with Crippen LogP contribution in [0.4, 0.5) is 5.69 Å². The summed E-state index contributed by atoms with van der Waals surface area (Å²) in [6.07, 6.45) is 4.22. The lowest BCUT2D eigenvalue weighted by Crippen LogP contribution is -2.21. The van der Waals surface area contributed by atoms with Crippen molar-refractivity contribution >= 4 is 16.6 Å². The quantitative estimate of drug-likeness (QED) is 0.633. The van der Waals surface area contributed by atoms with Crippen LogP contribution >= 0.6 is 0 Å². The van der Waals surface area contributed by atoms with Gasteiger partial charge in [-0.25, -0.2) is 0 Å². The maximum Gasteiger partial charge on any atom is 0.297 e. The van der Waals surface area contributed by atoms with Gasteiger partial charge in [0.15, 0.2) is 5.75 Å². The third-order valence-corrected chi connectivity index (χ3v) is 3.66. The number of fused-ring (bicyclic) bond motifs is 1. The van der Waals surface area contributed by atoms with E-state index >= 15 is 0 Å². The number of aryl methyl sites for hydroxylation is 1. The van der Waals surface area contributed by atoms with Crippen molar-refractivity contribution in [1.29, 1.82) is 0 Å². The van der Waals surface area contributed by atoms with E-state index in [1.54, 1.807) is 22.8 Å². The third-order valence-electron chi connectivity index (χ3n) is 3.66. The van der Waals surface area contributed by atoms with E-state index in [9.17, 15) is 9.90 Å².